The Morgan fingerprint density at radius 2 is 2.15 bits per heavy atom. The van der Waals surface area contributed by atoms with E-state index in [1.54, 1.807) is 0 Å². The van der Waals surface area contributed by atoms with Crippen LogP contribution in [0.25, 0.3) is 11.0 Å². The third-order valence-corrected chi connectivity index (χ3v) is 4.35. The monoisotopic (exact) mass is 292 g/mol. The van der Waals surface area contributed by atoms with Crippen molar-refractivity contribution in [2.45, 2.75) is 38.8 Å². The van der Waals surface area contributed by atoms with Crippen LogP contribution in [-0.2, 0) is 13.0 Å². The molecule has 0 bridgehead atoms. The molecule has 0 N–H and O–H groups in total. The van der Waals surface area contributed by atoms with Crippen molar-refractivity contribution >= 4 is 22.6 Å². The van der Waals surface area contributed by atoms with E-state index in [2.05, 4.69) is 32.4 Å². The number of likely N-dealkylation sites (tertiary alicyclic amines) is 1. The van der Waals surface area contributed by atoms with Crippen LogP contribution in [-0.4, -0.2) is 44.4 Å². The number of halogens is 1. The first-order valence-electron chi connectivity index (χ1n) is 7.38. The summed E-state index contributed by atoms with van der Waals surface area (Å²) in [6.45, 7) is 5.73. The lowest BCUT2D eigenvalue weighted by molar-refractivity contribution is 0.236. The topological polar surface area (TPSA) is 34.0 Å². The zero-order valence-corrected chi connectivity index (χ0v) is 12.7. The average Bonchev–Trinajstić information content (AvgIpc) is 3.08. The molecule has 2 aromatic rings. The fraction of sp³-hybridized carbons (Fsp3) is 0.600. The summed E-state index contributed by atoms with van der Waals surface area (Å²) in [5.41, 5.74) is 2.15. The number of hydrogen-bond donors (Lipinski definition) is 0. The molecule has 1 atom stereocenters. The Hall–Kier alpha value is -1.13. The van der Waals surface area contributed by atoms with E-state index in [1.807, 2.05) is 12.4 Å². The van der Waals surface area contributed by atoms with Crippen LogP contribution in [0.2, 0.25) is 0 Å². The number of aromatic nitrogens is 3. The number of fused-ring (bicyclic) bond motifs is 1. The molecule has 1 aliphatic heterocycles. The van der Waals surface area contributed by atoms with Gasteiger partial charge in [0.1, 0.15) is 11.3 Å². The number of alkyl halides is 1. The van der Waals surface area contributed by atoms with E-state index in [1.165, 1.54) is 31.4 Å². The maximum atomic E-state index is 5.92. The molecule has 1 fully saturated rings. The molecule has 2 aromatic heterocycles. The van der Waals surface area contributed by atoms with Gasteiger partial charge in [0.15, 0.2) is 0 Å². The van der Waals surface area contributed by atoms with Crippen LogP contribution in [0.4, 0.5) is 0 Å². The molecule has 108 valence electrons. The van der Waals surface area contributed by atoms with E-state index >= 15 is 0 Å². The lowest BCUT2D eigenvalue weighted by Gasteiger charge is -2.25. The molecular weight excluding hydrogens is 272 g/mol. The fourth-order valence-electron chi connectivity index (χ4n) is 3.07. The summed E-state index contributed by atoms with van der Waals surface area (Å²) in [7, 11) is 0. The van der Waals surface area contributed by atoms with E-state index in [0.717, 1.165) is 24.3 Å². The van der Waals surface area contributed by atoms with Crippen molar-refractivity contribution in [2.75, 3.05) is 19.0 Å². The molecule has 4 nitrogen and oxygen atoms in total. The molecule has 3 rings (SSSR count). The second-order valence-electron chi connectivity index (χ2n) is 5.53. The van der Waals surface area contributed by atoms with Crippen LogP contribution in [0.1, 0.15) is 25.6 Å². The first-order valence-corrected chi connectivity index (χ1v) is 7.92. The minimum atomic E-state index is 0.539. The highest BCUT2D eigenvalue weighted by Gasteiger charge is 2.20. The quantitative estimate of drug-likeness (QED) is 0.795. The molecule has 1 unspecified atom stereocenters. The zero-order chi connectivity index (χ0) is 13.9. The molecule has 5 heteroatoms. The molecular formula is C15H21ClN4. The highest BCUT2D eigenvalue weighted by atomic mass is 35.5. The maximum absolute atomic E-state index is 5.92. The van der Waals surface area contributed by atoms with Crippen molar-refractivity contribution in [3.8, 4) is 0 Å². The Bertz CT molecular complexity index is 574. The van der Waals surface area contributed by atoms with Gasteiger partial charge in [0.05, 0.1) is 11.7 Å². The Kier molecular flexibility index (Phi) is 4.22. The number of nitrogens with zero attached hydrogens (tertiary/aromatic N) is 4. The second kappa shape index (κ2) is 6.10. The third-order valence-electron chi connectivity index (χ3n) is 4.16. The number of hydrogen-bond acceptors (Lipinski definition) is 3. The number of rotatable bonds is 5. The molecule has 0 spiro atoms. The normalized spacial score (nSPS) is 17.9. The van der Waals surface area contributed by atoms with E-state index in [0.29, 0.717) is 11.9 Å². The number of pyridine rings is 1. The first kappa shape index (κ1) is 13.8. The van der Waals surface area contributed by atoms with Crippen molar-refractivity contribution < 1.29 is 0 Å². The van der Waals surface area contributed by atoms with Gasteiger partial charge in [0, 0.05) is 31.1 Å². The third kappa shape index (κ3) is 2.67. The summed E-state index contributed by atoms with van der Waals surface area (Å²) < 4.78 is 2.32. The summed E-state index contributed by atoms with van der Waals surface area (Å²) in [6.07, 6.45) is 7.14. The highest BCUT2D eigenvalue weighted by Crippen LogP contribution is 2.19. The van der Waals surface area contributed by atoms with Crippen LogP contribution < -0.4 is 0 Å². The Morgan fingerprint density at radius 3 is 2.90 bits per heavy atom. The second-order valence-corrected chi connectivity index (χ2v) is 5.91. The van der Waals surface area contributed by atoms with Gasteiger partial charge in [-0.3, -0.25) is 9.88 Å². The highest BCUT2D eigenvalue weighted by molar-refractivity contribution is 6.17. The SMILES string of the molecule is CC(Cn1c(CCCl)nc2cnccc21)N1CCCC1. The van der Waals surface area contributed by atoms with Crippen LogP contribution in [0.3, 0.4) is 0 Å². The van der Waals surface area contributed by atoms with Crippen LogP contribution in [0.5, 0.6) is 0 Å². The van der Waals surface area contributed by atoms with Gasteiger partial charge >= 0.3 is 0 Å². The number of imidazole rings is 1. The molecule has 20 heavy (non-hydrogen) atoms. The van der Waals surface area contributed by atoms with E-state index in [-0.39, 0.29) is 0 Å². The van der Waals surface area contributed by atoms with E-state index in [4.69, 9.17) is 11.6 Å². The Labute approximate surface area is 124 Å². The molecule has 0 radical (unpaired) electrons. The predicted octanol–water partition coefficient (Wildman–Crippen LogP) is 2.70. The lowest BCUT2D eigenvalue weighted by atomic mass is 10.2. The molecule has 0 aromatic carbocycles. The Balaban J connectivity index is 1.89. The van der Waals surface area contributed by atoms with E-state index in [9.17, 15) is 0 Å². The van der Waals surface area contributed by atoms with Gasteiger partial charge in [-0.05, 0) is 38.9 Å². The van der Waals surface area contributed by atoms with Gasteiger partial charge in [0.2, 0.25) is 0 Å². The lowest BCUT2D eigenvalue weighted by Crippen LogP contribution is -2.34. The minimum Gasteiger partial charge on any atom is -0.326 e. The van der Waals surface area contributed by atoms with Crippen LogP contribution in [0, 0.1) is 0 Å². The standard InChI is InChI=1S/C15H21ClN4/c1-12(19-8-2-3-9-19)11-20-14-5-7-17-10-13(14)18-15(20)4-6-16/h5,7,10,12H,2-4,6,8-9,11H2,1H3. The summed E-state index contributed by atoms with van der Waals surface area (Å²) in [5, 5.41) is 0. The predicted molar refractivity (Wildman–Crippen MR) is 82.2 cm³/mol. The Morgan fingerprint density at radius 1 is 1.35 bits per heavy atom. The van der Waals surface area contributed by atoms with Crippen molar-refractivity contribution in [1.29, 1.82) is 0 Å². The van der Waals surface area contributed by atoms with Gasteiger partial charge < -0.3 is 4.57 Å². The van der Waals surface area contributed by atoms with Crippen LogP contribution in [0.15, 0.2) is 18.5 Å². The molecule has 0 saturated carbocycles. The van der Waals surface area contributed by atoms with Gasteiger partial charge in [-0.25, -0.2) is 4.98 Å². The molecule has 1 saturated heterocycles. The summed E-state index contributed by atoms with van der Waals surface area (Å²) >= 11 is 5.92. The first-order chi connectivity index (χ1) is 9.79. The minimum absolute atomic E-state index is 0.539. The van der Waals surface area contributed by atoms with Crippen molar-refractivity contribution in [1.82, 2.24) is 19.4 Å². The van der Waals surface area contributed by atoms with Crippen molar-refractivity contribution in [3.05, 3.63) is 24.3 Å². The smallest absolute Gasteiger partial charge is 0.111 e. The number of aryl methyl sites for hydroxylation is 1. The largest absolute Gasteiger partial charge is 0.326 e. The zero-order valence-electron chi connectivity index (χ0n) is 11.9. The maximum Gasteiger partial charge on any atom is 0.111 e. The van der Waals surface area contributed by atoms with E-state index < -0.39 is 0 Å². The fourth-order valence-corrected chi connectivity index (χ4v) is 3.24. The molecule has 3 heterocycles. The summed E-state index contributed by atoms with van der Waals surface area (Å²) in [4.78, 5) is 11.4. The van der Waals surface area contributed by atoms with Crippen molar-refractivity contribution in [3.63, 3.8) is 0 Å². The molecule has 0 amide bonds. The van der Waals surface area contributed by atoms with Gasteiger partial charge in [-0.15, -0.1) is 11.6 Å². The molecule has 0 aliphatic carbocycles. The summed E-state index contributed by atoms with van der Waals surface area (Å²) in [6, 6.07) is 2.59. The van der Waals surface area contributed by atoms with Gasteiger partial charge in [-0.1, -0.05) is 0 Å². The van der Waals surface area contributed by atoms with Crippen molar-refractivity contribution in [2.24, 2.45) is 0 Å². The van der Waals surface area contributed by atoms with Crippen LogP contribution >= 0.6 is 11.6 Å². The van der Waals surface area contributed by atoms with Gasteiger partial charge in [-0.2, -0.15) is 0 Å². The molecule has 1 aliphatic rings. The summed E-state index contributed by atoms with van der Waals surface area (Å²) in [5.74, 6) is 1.68. The average molecular weight is 293 g/mol. The van der Waals surface area contributed by atoms with Gasteiger partial charge in [0.25, 0.3) is 0 Å².